The number of nitrogens with zero attached hydrogens (tertiary/aromatic N) is 1. The largest absolute Gasteiger partial charge is 0.294 e. The normalized spacial score (nSPS) is 11.3. The van der Waals surface area contributed by atoms with Crippen molar-refractivity contribution in [2.24, 2.45) is 0 Å². The van der Waals surface area contributed by atoms with E-state index in [9.17, 15) is 13.2 Å². The molecule has 0 saturated heterocycles. The Balaban J connectivity index is 2.39. The van der Waals surface area contributed by atoms with Gasteiger partial charge in [-0.25, -0.2) is 13.4 Å². The lowest BCUT2D eigenvalue weighted by Crippen LogP contribution is -2.13. The first-order chi connectivity index (χ1) is 8.90. The molecule has 0 radical (unpaired) electrons. The minimum absolute atomic E-state index is 0.128. The maximum absolute atomic E-state index is 12.1. The fourth-order valence-electron chi connectivity index (χ4n) is 1.54. The minimum Gasteiger partial charge on any atom is -0.294 e. The van der Waals surface area contributed by atoms with Gasteiger partial charge in [-0.3, -0.25) is 9.52 Å². The predicted molar refractivity (Wildman–Crippen MR) is 74.1 cm³/mol. The molecule has 0 unspecified atom stereocenters. The van der Waals surface area contributed by atoms with Crippen molar-refractivity contribution in [3.05, 3.63) is 41.0 Å². The first kappa shape index (κ1) is 13.7. The van der Waals surface area contributed by atoms with E-state index in [0.29, 0.717) is 10.6 Å². The number of carbonyl (C=O) groups excluding carboxylic acids is 1. The minimum atomic E-state index is -3.69. The molecule has 1 aromatic heterocycles. The number of benzene rings is 1. The molecule has 0 aliphatic rings. The van der Waals surface area contributed by atoms with E-state index < -0.39 is 10.0 Å². The lowest BCUT2D eigenvalue weighted by molar-refractivity contribution is 0.101. The van der Waals surface area contributed by atoms with Gasteiger partial charge >= 0.3 is 0 Å². The summed E-state index contributed by atoms with van der Waals surface area (Å²) in [5.41, 5.74) is 0.619. The number of Topliss-reactive ketones (excluding diaryl/α,β-unsaturated/α-hetero) is 1. The monoisotopic (exact) mass is 296 g/mol. The van der Waals surface area contributed by atoms with Gasteiger partial charge < -0.3 is 0 Å². The van der Waals surface area contributed by atoms with Gasteiger partial charge in [-0.2, -0.15) is 0 Å². The zero-order valence-electron chi connectivity index (χ0n) is 10.4. The van der Waals surface area contributed by atoms with Gasteiger partial charge in [-0.05, 0) is 26.0 Å². The number of hydrogen-bond donors (Lipinski definition) is 1. The van der Waals surface area contributed by atoms with Gasteiger partial charge in [0.05, 0.1) is 16.9 Å². The number of para-hydroxylation sites is 1. The molecule has 1 N–H and O–H groups in total. The number of sulfonamides is 1. The Kier molecular flexibility index (Phi) is 3.68. The third kappa shape index (κ3) is 2.99. The van der Waals surface area contributed by atoms with Crippen molar-refractivity contribution in [3.63, 3.8) is 0 Å². The van der Waals surface area contributed by atoms with Crippen LogP contribution in [0.1, 0.15) is 22.3 Å². The zero-order chi connectivity index (χ0) is 14.0. The van der Waals surface area contributed by atoms with Crippen LogP contribution in [-0.2, 0) is 10.0 Å². The average Bonchev–Trinajstić information content (AvgIpc) is 2.76. The van der Waals surface area contributed by atoms with Crippen molar-refractivity contribution in [2.75, 3.05) is 4.72 Å². The number of ketones is 1. The molecule has 0 bridgehead atoms. The summed E-state index contributed by atoms with van der Waals surface area (Å²) in [4.78, 5) is 15.4. The Bertz CT molecular complexity index is 720. The summed E-state index contributed by atoms with van der Waals surface area (Å²) in [7, 11) is -3.69. The first-order valence-electron chi connectivity index (χ1n) is 5.45. The van der Waals surface area contributed by atoms with E-state index in [2.05, 4.69) is 9.71 Å². The SMILES string of the molecule is CC(=O)c1ccccc1NS(=O)(=O)c1cnc(C)s1. The second-order valence-corrected chi connectivity index (χ2v) is 7.05. The number of hydrogen-bond acceptors (Lipinski definition) is 5. The van der Waals surface area contributed by atoms with Gasteiger partial charge in [0.2, 0.25) is 0 Å². The predicted octanol–water partition coefficient (Wildman–Crippen LogP) is 2.45. The van der Waals surface area contributed by atoms with Crippen LogP contribution in [-0.4, -0.2) is 19.2 Å². The molecule has 1 heterocycles. The lowest BCUT2D eigenvalue weighted by Gasteiger charge is -2.09. The number of nitrogens with one attached hydrogen (secondary N) is 1. The summed E-state index contributed by atoms with van der Waals surface area (Å²) in [6.07, 6.45) is 1.30. The van der Waals surface area contributed by atoms with Crippen LogP contribution in [0.4, 0.5) is 5.69 Å². The van der Waals surface area contributed by atoms with E-state index in [4.69, 9.17) is 0 Å². The molecular formula is C12H12N2O3S2. The molecule has 0 aliphatic carbocycles. The number of anilines is 1. The number of carbonyl (C=O) groups is 1. The van der Waals surface area contributed by atoms with Gasteiger partial charge in [-0.1, -0.05) is 12.1 Å². The van der Waals surface area contributed by atoms with Gasteiger partial charge in [0, 0.05) is 5.56 Å². The number of thiazole rings is 1. The molecule has 7 heteroatoms. The Morgan fingerprint density at radius 3 is 2.58 bits per heavy atom. The van der Waals surface area contributed by atoms with E-state index in [1.807, 2.05) is 0 Å². The Morgan fingerprint density at radius 2 is 2.00 bits per heavy atom. The standard InChI is InChI=1S/C12H12N2O3S2/c1-8(15)10-5-3-4-6-11(10)14-19(16,17)12-7-13-9(2)18-12/h3-7,14H,1-2H3. The van der Waals surface area contributed by atoms with Gasteiger partial charge in [0.25, 0.3) is 10.0 Å². The molecule has 2 aromatic rings. The van der Waals surface area contributed by atoms with Crippen LogP contribution >= 0.6 is 11.3 Å². The highest BCUT2D eigenvalue weighted by Crippen LogP contribution is 2.23. The third-order valence-electron chi connectivity index (χ3n) is 2.42. The Labute approximate surface area is 115 Å². The fraction of sp³-hybridized carbons (Fsp3) is 0.167. The summed E-state index contributed by atoms with van der Waals surface area (Å²) in [6, 6.07) is 6.49. The topological polar surface area (TPSA) is 76.1 Å². The van der Waals surface area contributed by atoms with E-state index >= 15 is 0 Å². The number of aromatic nitrogens is 1. The highest BCUT2D eigenvalue weighted by molar-refractivity contribution is 7.94. The molecule has 0 aliphatic heterocycles. The van der Waals surface area contributed by atoms with Crippen LogP contribution < -0.4 is 4.72 Å². The highest BCUT2D eigenvalue weighted by Gasteiger charge is 2.19. The smallest absolute Gasteiger partial charge is 0.273 e. The lowest BCUT2D eigenvalue weighted by atomic mass is 10.1. The first-order valence-corrected chi connectivity index (χ1v) is 7.75. The van der Waals surface area contributed by atoms with Crippen molar-refractivity contribution in [1.29, 1.82) is 0 Å². The second-order valence-electron chi connectivity index (χ2n) is 3.91. The maximum atomic E-state index is 12.1. The second kappa shape index (κ2) is 5.10. The van der Waals surface area contributed by atoms with E-state index in [1.165, 1.54) is 13.1 Å². The van der Waals surface area contributed by atoms with Crippen molar-refractivity contribution < 1.29 is 13.2 Å². The summed E-state index contributed by atoms with van der Waals surface area (Å²) >= 11 is 1.08. The maximum Gasteiger partial charge on any atom is 0.273 e. The Hall–Kier alpha value is -1.73. The van der Waals surface area contributed by atoms with Crippen LogP contribution in [0.15, 0.2) is 34.7 Å². The van der Waals surface area contributed by atoms with Crippen molar-refractivity contribution in [1.82, 2.24) is 4.98 Å². The molecule has 0 saturated carbocycles. The van der Waals surface area contributed by atoms with Crippen molar-refractivity contribution >= 4 is 32.8 Å². The molecule has 2 rings (SSSR count). The molecule has 0 amide bonds. The number of rotatable bonds is 4. The third-order valence-corrected chi connectivity index (χ3v) is 5.16. The van der Waals surface area contributed by atoms with Crippen LogP contribution in [0.3, 0.4) is 0 Å². The number of aryl methyl sites for hydroxylation is 1. The van der Waals surface area contributed by atoms with Crippen molar-refractivity contribution in [2.45, 2.75) is 18.1 Å². The van der Waals surface area contributed by atoms with Crippen LogP contribution in [0.25, 0.3) is 0 Å². The molecule has 1 aromatic carbocycles. The van der Waals surface area contributed by atoms with Crippen LogP contribution in [0.2, 0.25) is 0 Å². The quantitative estimate of drug-likeness (QED) is 0.879. The molecule has 100 valence electrons. The summed E-state index contributed by atoms with van der Waals surface area (Å²) in [5.74, 6) is -0.196. The molecule has 0 atom stereocenters. The van der Waals surface area contributed by atoms with Gasteiger partial charge in [0.15, 0.2) is 9.99 Å². The highest BCUT2D eigenvalue weighted by atomic mass is 32.2. The summed E-state index contributed by atoms with van der Waals surface area (Å²) < 4.78 is 26.8. The van der Waals surface area contributed by atoms with Crippen LogP contribution in [0, 0.1) is 6.92 Å². The molecule has 5 nitrogen and oxygen atoms in total. The molecule has 0 spiro atoms. The fourth-order valence-corrected chi connectivity index (χ4v) is 3.73. The summed E-state index contributed by atoms with van der Waals surface area (Å²) in [5, 5.41) is 0.667. The van der Waals surface area contributed by atoms with Gasteiger partial charge in [-0.15, -0.1) is 11.3 Å². The van der Waals surface area contributed by atoms with Crippen LogP contribution in [0.5, 0.6) is 0 Å². The van der Waals surface area contributed by atoms with E-state index in [1.54, 1.807) is 31.2 Å². The molecule has 0 fully saturated rings. The zero-order valence-corrected chi connectivity index (χ0v) is 12.0. The summed E-state index contributed by atoms with van der Waals surface area (Å²) in [6.45, 7) is 3.12. The van der Waals surface area contributed by atoms with E-state index in [-0.39, 0.29) is 15.7 Å². The van der Waals surface area contributed by atoms with Crippen molar-refractivity contribution in [3.8, 4) is 0 Å². The molecule has 19 heavy (non-hydrogen) atoms. The van der Waals surface area contributed by atoms with E-state index in [0.717, 1.165) is 11.3 Å². The molecular weight excluding hydrogens is 284 g/mol. The Morgan fingerprint density at radius 1 is 1.32 bits per heavy atom. The van der Waals surface area contributed by atoms with Gasteiger partial charge in [0.1, 0.15) is 0 Å². The average molecular weight is 296 g/mol.